The summed E-state index contributed by atoms with van der Waals surface area (Å²) >= 11 is 7.86. The highest BCUT2D eigenvalue weighted by Crippen LogP contribution is 2.32. The molecule has 5 rings (SSSR count). The third-order valence-electron chi connectivity index (χ3n) is 6.94. The molecular formula is C25H31ClN4O3S. The number of thioether (sulfide) groups is 1. The first kappa shape index (κ1) is 23.9. The molecule has 3 aliphatic rings. The Morgan fingerprint density at radius 2 is 1.85 bits per heavy atom. The van der Waals surface area contributed by atoms with Crippen molar-refractivity contribution >= 4 is 35.1 Å². The zero-order valence-corrected chi connectivity index (χ0v) is 21.1. The van der Waals surface area contributed by atoms with Gasteiger partial charge >= 0.3 is 0 Å². The average molecular weight is 503 g/mol. The minimum absolute atomic E-state index is 0.0558. The van der Waals surface area contributed by atoms with E-state index in [9.17, 15) is 4.79 Å². The molecule has 0 aliphatic carbocycles. The summed E-state index contributed by atoms with van der Waals surface area (Å²) in [5.74, 6) is 1.91. The number of hydrogen-bond donors (Lipinski definition) is 0. The first-order valence-electron chi connectivity index (χ1n) is 12.1. The molecule has 1 aromatic heterocycles. The fourth-order valence-electron chi connectivity index (χ4n) is 4.81. The predicted octanol–water partition coefficient (Wildman–Crippen LogP) is 4.64. The molecule has 1 aromatic carbocycles. The highest BCUT2D eigenvalue weighted by molar-refractivity contribution is 7.98. The first-order chi connectivity index (χ1) is 16.5. The van der Waals surface area contributed by atoms with Crippen LogP contribution in [0.3, 0.4) is 0 Å². The molecule has 2 aromatic rings. The third-order valence-corrected chi connectivity index (χ3v) is 8.05. The number of halogens is 1. The van der Waals surface area contributed by atoms with E-state index in [0.29, 0.717) is 47.9 Å². The highest BCUT2D eigenvalue weighted by atomic mass is 35.5. The Morgan fingerprint density at radius 1 is 1.12 bits per heavy atom. The van der Waals surface area contributed by atoms with Crippen molar-refractivity contribution in [3.8, 4) is 0 Å². The van der Waals surface area contributed by atoms with Gasteiger partial charge < -0.3 is 19.3 Å². The summed E-state index contributed by atoms with van der Waals surface area (Å²) in [7, 11) is 0. The molecule has 0 radical (unpaired) electrons. The van der Waals surface area contributed by atoms with Gasteiger partial charge in [0.15, 0.2) is 10.9 Å². The third kappa shape index (κ3) is 5.51. The quantitative estimate of drug-likeness (QED) is 0.335. The van der Waals surface area contributed by atoms with E-state index >= 15 is 0 Å². The van der Waals surface area contributed by atoms with Crippen LogP contribution < -0.4 is 4.90 Å². The molecule has 3 fully saturated rings. The Morgan fingerprint density at radius 3 is 2.59 bits per heavy atom. The van der Waals surface area contributed by atoms with Crippen molar-refractivity contribution in [3.63, 3.8) is 0 Å². The highest BCUT2D eigenvalue weighted by Gasteiger charge is 2.40. The van der Waals surface area contributed by atoms with Crippen LogP contribution in [-0.2, 0) is 15.2 Å². The topological polar surface area (TPSA) is 67.8 Å². The minimum Gasteiger partial charge on any atom is -0.356 e. The fraction of sp³-hybridized carbons (Fsp3) is 0.560. The molecule has 0 unspecified atom stereocenters. The second kappa shape index (κ2) is 10.4. The van der Waals surface area contributed by atoms with Crippen molar-refractivity contribution in [1.82, 2.24) is 14.9 Å². The van der Waals surface area contributed by atoms with E-state index in [1.165, 1.54) is 12.8 Å². The number of aromatic nitrogens is 2. The largest absolute Gasteiger partial charge is 0.356 e. The first-order valence-corrected chi connectivity index (χ1v) is 13.4. The maximum atomic E-state index is 13.1. The van der Waals surface area contributed by atoms with Crippen molar-refractivity contribution in [2.24, 2.45) is 5.92 Å². The van der Waals surface area contributed by atoms with E-state index in [4.69, 9.17) is 26.1 Å². The van der Waals surface area contributed by atoms with Gasteiger partial charge in [0.1, 0.15) is 11.0 Å². The SMILES string of the molecule is CC1CCN(c2cc(Cl)nc(SCc3cccc(C(=O)N4CCC5(CC4)OCCO5)c3)n2)CC1. The van der Waals surface area contributed by atoms with Crippen LogP contribution in [0.5, 0.6) is 0 Å². The summed E-state index contributed by atoms with van der Waals surface area (Å²) in [6, 6.07) is 9.68. The number of amides is 1. The van der Waals surface area contributed by atoms with E-state index in [1.54, 1.807) is 11.8 Å². The molecule has 0 N–H and O–H groups in total. The minimum atomic E-state index is -0.475. The summed E-state index contributed by atoms with van der Waals surface area (Å²) in [4.78, 5) is 26.5. The number of ether oxygens (including phenoxy) is 2. The molecule has 9 heteroatoms. The van der Waals surface area contributed by atoms with Gasteiger partial charge in [0.25, 0.3) is 5.91 Å². The van der Waals surface area contributed by atoms with Crippen molar-refractivity contribution in [2.75, 3.05) is 44.3 Å². The van der Waals surface area contributed by atoms with Gasteiger partial charge in [-0.25, -0.2) is 9.97 Å². The summed E-state index contributed by atoms with van der Waals surface area (Å²) in [6.45, 7) is 6.87. The molecule has 7 nitrogen and oxygen atoms in total. The number of benzene rings is 1. The zero-order valence-electron chi connectivity index (χ0n) is 19.5. The summed E-state index contributed by atoms with van der Waals surface area (Å²) in [6.07, 6.45) is 3.78. The summed E-state index contributed by atoms with van der Waals surface area (Å²) in [5, 5.41) is 1.13. The molecule has 0 atom stereocenters. The van der Waals surface area contributed by atoms with Crippen molar-refractivity contribution in [1.29, 1.82) is 0 Å². The summed E-state index contributed by atoms with van der Waals surface area (Å²) < 4.78 is 11.6. The Hall–Kier alpha value is -1.87. The molecule has 3 aliphatic heterocycles. The van der Waals surface area contributed by atoms with Crippen LogP contribution in [0.2, 0.25) is 5.15 Å². The molecule has 1 amide bonds. The van der Waals surface area contributed by atoms with Crippen LogP contribution >= 0.6 is 23.4 Å². The molecular weight excluding hydrogens is 472 g/mol. The van der Waals surface area contributed by atoms with Gasteiger partial charge in [-0.15, -0.1) is 0 Å². The lowest BCUT2D eigenvalue weighted by atomic mass is 9.99. The smallest absolute Gasteiger partial charge is 0.253 e. The lowest BCUT2D eigenvalue weighted by Gasteiger charge is -2.37. The Balaban J connectivity index is 1.20. The number of nitrogens with zero attached hydrogens (tertiary/aromatic N) is 4. The average Bonchev–Trinajstić information content (AvgIpc) is 3.31. The molecule has 182 valence electrons. The predicted molar refractivity (Wildman–Crippen MR) is 133 cm³/mol. The number of likely N-dealkylation sites (tertiary alicyclic amines) is 1. The van der Waals surface area contributed by atoms with Crippen LogP contribution in [0.1, 0.15) is 48.5 Å². The van der Waals surface area contributed by atoms with E-state index in [1.807, 2.05) is 35.2 Å². The second-order valence-electron chi connectivity index (χ2n) is 9.39. The van der Waals surface area contributed by atoms with E-state index in [2.05, 4.69) is 16.8 Å². The molecule has 4 heterocycles. The van der Waals surface area contributed by atoms with Crippen LogP contribution in [0.25, 0.3) is 0 Å². The van der Waals surface area contributed by atoms with Gasteiger partial charge in [-0.05, 0) is 36.5 Å². The molecule has 3 saturated heterocycles. The van der Waals surface area contributed by atoms with Crippen LogP contribution in [0, 0.1) is 5.92 Å². The molecule has 0 saturated carbocycles. The van der Waals surface area contributed by atoms with Crippen LogP contribution in [-0.4, -0.2) is 66.0 Å². The van der Waals surface area contributed by atoms with E-state index in [0.717, 1.165) is 43.2 Å². The number of piperidine rings is 2. The van der Waals surface area contributed by atoms with Gasteiger partial charge in [-0.2, -0.15) is 0 Å². The summed E-state index contributed by atoms with van der Waals surface area (Å²) in [5.41, 5.74) is 1.76. The fourth-order valence-corrected chi connectivity index (χ4v) is 5.83. The number of anilines is 1. The number of carbonyl (C=O) groups is 1. The lowest BCUT2D eigenvalue weighted by Crippen LogP contribution is -2.47. The molecule has 0 bridgehead atoms. The normalized spacial score (nSPS) is 20.8. The van der Waals surface area contributed by atoms with Crippen molar-refractivity contribution in [3.05, 3.63) is 46.6 Å². The van der Waals surface area contributed by atoms with E-state index < -0.39 is 5.79 Å². The van der Waals surface area contributed by atoms with Crippen LogP contribution in [0.4, 0.5) is 5.82 Å². The maximum Gasteiger partial charge on any atom is 0.253 e. The Kier molecular flexibility index (Phi) is 7.30. The Bertz CT molecular complexity index is 1010. The zero-order chi connectivity index (χ0) is 23.5. The van der Waals surface area contributed by atoms with Crippen LogP contribution in [0.15, 0.2) is 35.5 Å². The standard InChI is InChI=1S/C25H31ClN4O3S/c1-18-5-9-29(10-6-18)22-16-21(26)27-24(28-22)34-17-19-3-2-4-20(15-19)23(31)30-11-7-25(8-12-30)32-13-14-33-25/h2-4,15-16,18H,5-14,17H2,1H3. The van der Waals surface area contributed by atoms with Gasteiger partial charge in [-0.3, -0.25) is 4.79 Å². The van der Waals surface area contributed by atoms with Gasteiger partial charge in [0.05, 0.1) is 13.2 Å². The molecule has 34 heavy (non-hydrogen) atoms. The van der Waals surface area contributed by atoms with Gasteiger partial charge in [-0.1, -0.05) is 42.4 Å². The van der Waals surface area contributed by atoms with Gasteiger partial charge in [0.2, 0.25) is 0 Å². The van der Waals surface area contributed by atoms with Gasteiger partial charge in [0, 0.05) is 56.4 Å². The molecule has 1 spiro atoms. The Labute approximate surface area is 210 Å². The lowest BCUT2D eigenvalue weighted by molar-refractivity contribution is -0.181. The van der Waals surface area contributed by atoms with Crippen molar-refractivity contribution in [2.45, 2.75) is 49.3 Å². The second-order valence-corrected chi connectivity index (χ2v) is 10.7. The number of rotatable bonds is 5. The van der Waals surface area contributed by atoms with E-state index in [-0.39, 0.29) is 5.91 Å². The maximum absolute atomic E-state index is 13.1. The number of carbonyl (C=O) groups excluding carboxylic acids is 1. The monoisotopic (exact) mass is 502 g/mol. The van der Waals surface area contributed by atoms with Crippen molar-refractivity contribution < 1.29 is 14.3 Å². The number of hydrogen-bond acceptors (Lipinski definition) is 7.